The number of nitrogens with zero attached hydrogens (tertiary/aromatic N) is 1. The first-order chi connectivity index (χ1) is 8.66. The molecule has 0 aliphatic carbocycles. The first-order valence-corrected chi connectivity index (χ1v) is 6.64. The maximum Gasteiger partial charge on any atom is 0.129 e. The Hall–Kier alpha value is -1.33. The van der Waals surface area contributed by atoms with Gasteiger partial charge in [0, 0.05) is 23.5 Å². The highest BCUT2D eigenvalue weighted by molar-refractivity contribution is 7.07. The molecule has 0 amide bonds. The van der Waals surface area contributed by atoms with Crippen molar-refractivity contribution in [1.82, 2.24) is 10.3 Å². The topological polar surface area (TPSA) is 24.9 Å². The fraction of sp³-hybridized carbons (Fsp3) is 0.308. The van der Waals surface area contributed by atoms with Crippen molar-refractivity contribution in [2.75, 3.05) is 0 Å². The van der Waals surface area contributed by atoms with Crippen LogP contribution in [0.1, 0.15) is 18.2 Å². The van der Waals surface area contributed by atoms with E-state index in [1.54, 1.807) is 5.51 Å². The molecule has 2 nitrogen and oxygen atoms in total. The predicted molar refractivity (Wildman–Crippen MR) is 68.5 cm³/mol. The molecule has 1 atom stereocenters. The number of nitrogens with one attached hydrogen (secondary N) is 1. The fourth-order valence-electron chi connectivity index (χ4n) is 1.71. The van der Waals surface area contributed by atoms with Crippen LogP contribution in [0.3, 0.4) is 0 Å². The number of hydrogen-bond acceptors (Lipinski definition) is 3. The quantitative estimate of drug-likeness (QED) is 0.901. The van der Waals surface area contributed by atoms with Gasteiger partial charge in [0.05, 0.1) is 11.2 Å². The largest absolute Gasteiger partial charge is 0.308 e. The molecule has 1 unspecified atom stereocenters. The normalized spacial score (nSPS) is 12.6. The number of halogens is 2. The summed E-state index contributed by atoms with van der Waals surface area (Å²) in [4.78, 5) is 4.14. The lowest BCUT2D eigenvalue weighted by molar-refractivity contribution is 0.497. The van der Waals surface area contributed by atoms with Gasteiger partial charge in [-0.15, -0.1) is 11.3 Å². The van der Waals surface area contributed by atoms with Crippen LogP contribution in [-0.4, -0.2) is 11.0 Å². The zero-order valence-electron chi connectivity index (χ0n) is 9.99. The Balaban J connectivity index is 1.92. The molecule has 18 heavy (non-hydrogen) atoms. The summed E-state index contributed by atoms with van der Waals surface area (Å²) in [7, 11) is 0. The summed E-state index contributed by atoms with van der Waals surface area (Å²) in [6.45, 7) is 2.51. The maximum absolute atomic E-state index is 13.4. The minimum atomic E-state index is -0.489. The molecular weight excluding hydrogens is 254 g/mol. The Labute approximate surface area is 109 Å². The van der Waals surface area contributed by atoms with Gasteiger partial charge in [0.15, 0.2) is 0 Å². The van der Waals surface area contributed by atoms with Crippen LogP contribution in [0.5, 0.6) is 0 Å². The lowest BCUT2D eigenvalue weighted by Crippen LogP contribution is -2.28. The van der Waals surface area contributed by atoms with Crippen molar-refractivity contribution >= 4 is 11.3 Å². The third-order valence-electron chi connectivity index (χ3n) is 2.69. The molecule has 0 aliphatic rings. The van der Waals surface area contributed by atoms with Crippen molar-refractivity contribution in [3.05, 3.63) is 52.0 Å². The number of rotatable bonds is 5. The van der Waals surface area contributed by atoms with Gasteiger partial charge in [0.25, 0.3) is 0 Å². The summed E-state index contributed by atoms with van der Waals surface area (Å²) in [5.41, 5.74) is 2.84. The van der Waals surface area contributed by atoms with Crippen molar-refractivity contribution in [3.8, 4) is 0 Å². The summed E-state index contributed by atoms with van der Waals surface area (Å²) < 4.78 is 26.9. The number of aromatic nitrogens is 1. The van der Waals surface area contributed by atoms with Crippen molar-refractivity contribution in [1.29, 1.82) is 0 Å². The molecule has 1 N–H and O–H groups in total. The fourth-order valence-corrected chi connectivity index (χ4v) is 2.27. The van der Waals surface area contributed by atoms with Crippen molar-refractivity contribution < 1.29 is 8.78 Å². The zero-order chi connectivity index (χ0) is 13.0. The second kappa shape index (κ2) is 6.02. The van der Waals surface area contributed by atoms with Crippen LogP contribution in [0.15, 0.2) is 29.1 Å². The van der Waals surface area contributed by atoms with Gasteiger partial charge in [-0.1, -0.05) is 6.07 Å². The molecule has 96 valence electrons. The Morgan fingerprint density at radius 1 is 1.33 bits per heavy atom. The Morgan fingerprint density at radius 3 is 2.67 bits per heavy atom. The molecule has 0 aliphatic heterocycles. The minimum Gasteiger partial charge on any atom is -0.308 e. The van der Waals surface area contributed by atoms with Crippen LogP contribution in [-0.2, 0) is 13.0 Å². The summed E-state index contributed by atoms with van der Waals surface area (Å²) in [5, 5.41) is 5.15. The van der Waals surface area contributed by atoms with E-state index in [0.717, 1.165) is 5.69 Å². The van der Waals surface area contributed by atoms with Crippen molar-refractivity contribution in [3.63, 3.8) is 0 Å². The predicted octanol–water partition coefficient (Wildman–Crippen LogP) is 3.14. The van der Waals surface area contributed by atoms with E-state index < -0.39 is 11.6 Å². The maximum atomic E-state index is 13.4. The molecule has 2 aromatic rings. The standard InChI is InChI=1S/C13H14F2N2S/c1-9(16-6-10-7-18-8-17-10)5-11-12(14)3-2-4-13(11)15/h2-4,7-9,16H,5-6H2,1H3. The van der Waals surface area contributed by atoms with E-state index >= 15 is 0 Å². The molecule has 0 fully saturated rings. The van der Waals surface area contributed by atoms with Gasteiger partial charge in [-0.25, -0.2) is 13.8 Å². The van der Waals surface area contributed by atoms with Gasteiger partial charge in [-0.2, -0.15) is 0 Å². The molecule has 1 aromatic heterocycles. The molecular formula is C13H14F2N2S. The zero-order valence-corrected chi connectivity index (χ0v) is 10.8. The van der Waals surface area contributed by atoms with Gasteiger partial charge in [0.1, 0.15) is 11.6 Å². The van der Waals surface area contributed by atoms with Crippen LogP contribution < -0.4 is 5.32 Å². The first-order valence-electron chi connectivity index (χ1n) is 5.70. The molecule has 0 spiro atoms. The van der Waals surface area contributed by atoms with Gasteiger partial charge in [-0.05, 0) is 25.5 Å². The number of thiazole rings is 1. The van der Waals surface area contributed by atoms with Crippen molar-refractivity contribution in [2.24, 2.45) is 0 Å². The SMILES string of the molecule is CC(Cc1c(F)cccc1F)NCc1cscn1. The van der Waals surface area contributed by atoms with Crippen LogP contribution in [0.2, 0.25) is 0 Å². The van der Waals surface area contributed by atoms with E-state index in [1.807, 2.05) is 12.3 Å². The second-order valence-corrected chi connectivity index (χ2v) is 4.88. The third-order valence-corrected chi connectivity index (χ3v) is 3.32. The average molecular weight is 268 g/mol. The molecule has 0 radical (unpaired) electrons. The molecule has 0 bridgehead atoms. The van der Waals surface area contributed by atoms with Crippen LogP contribution >= 0.6 is 11.3 Å². The van der Waals surface area contributed by atoms with E-state index in [9.17, 15) is 8.78 Å². The average Bonchev–Trinajstić information content (AvgIpc) is 2.84. The molecule has 2 rings (SSSR count). The lowest BCUT2D eigenvalue weighted by Gasteiger charge is -2.14. The highest BCUT2D eigenvalue weighted by atomic mass is 32.1. The van der Waals surface area contributed by atoms with Crippen molar-refractivity contribution in [2.45, 2.75) is 25.9 Å². The minimum absolute atomic E-state index is 0.0156. The third kappa shape index (κ3) is 3.34. The van der Waals surface area contributed by atoms with E-state index in [2.05, 4.69) is 10.3 Å². The van der Waals surface area contributed by atoms with E-state index in [-0.39, 0.29) is 11.6 Å². The highest BCUT2D eigenvalue weighted by Gasteiger charge is 2.12. The Morgan fingerprint density at radius 2 is 2.06 bits per heavy atom. The Kier molecular flexibility index (Phi) is 4.38. The highest BCUT2D eigenvalue weighted by Crippen LogP contribution is 2.14. The molecule has 0 saturated heterocycles. The number of hydrogen-bond donors (Lipinski definition) is 1. The van der Waals surface area contributed by atoms with E-state index in [1.165, 1.54) is 29.5 Å². The van der Waals surface area contributed by atoms with Gasteiger partial charge in [0.2, 0.25) is 0 Å². The lowest BCUT2D eigenvalue weighted by atomic mass is 10.1. The van der Waals surface area contributed by atoms with E-state index in [4.69, 9.17) is 0 Å². The molecule has 0 saturated carbocycles. The monoisotopic (exact) mass is 268 g/mol. The molecule has 1 heterocycles. The summed E-state index contributed by atoms with van der Waals surface area (Å²) in [6.07, 6.45) is 0.322. The van der Waals surface area contributed by atoms with Crippen LogP contribution in [0.25, 0.3) is 0 Å². The Bertz CT molecular complexity index is 479. The first kappa shape index (κ1) is 13.1. The van der Waals surface area contributed by atoms with Gasteiger partial charge >= 0.3 is 0 Å². The smallest absolute Gasteiger partial charge is 0.129 e. The van der Waals surface area contributed by atoms with Gasteiger partial charge < -0.3 is 5.32 Å². The van der Waals surface area contributed by atoms with E-state index in [0.29, 0.717) is 13.0 Å². The van der Waals surface area contributed by atoms with Crippen LogP contribution in [0.4, 0.5) is 8.78 Å². The summed E-state index contributed by atoms with van der Waals surface area (Å²) in [6, 6.07) is 3.93. The van der Waals surface area contributed by atoms with Crippen LogP contribution in [0, 0.1) is 11.6 Å². The molecule has 1 aromatic carbocycles. The summed E-state index contributed by atoms with van der Waals surface area (Å²) >= 11 is 1.53. The summed E-state index contributed by atoms with van der Waals surface area (Å²) in [5.74, 6) is -0.977. The van der Waals surface area contributed by atoms with Gasteiger partial charge in [-0.3, -0.25) is 0 Å². The number of benzene rings is 1. The second-order valence-electron chi connectivity index (χ2n) is 4.17. The molecule has 5 heteroatoms.